The number of halogens is 2. The number of nitrogens with two attached hydrogens (primary N) is 1. The number of H-pyrrole nitrogens is 1. The molecule has 16 nitrogen and oxygen atoms in total. The van der Waals surface area contributed by atoms with Crippen molar-refractivity contribution in [3.63, 3.8) is 0 Å². The number of nitrogens with zero attached hydrogens (tertiary/aromatic N) is 3. The van der Waals surface area contributed by atoms with Crippen LogP contribution in [0, 0.1) is 0 Å². The molecule has 0 spiro atoms. The summed E-state index contributed by atoms with van der Waals surface area (Å²) in [5, 5.41) is 8.73. The summed E-state index contributed by atoms with van der Waals surface area (Å²) >= 11 is 0. The SMILES string of the molecule is CN(C)C[C@@H](NC(=O)[C@H](CCC(N)=O)NC(=O)[C@@H]1CC[C@@H]2CCN(C)C[C@H](NC(=O)c3cc4cc(C(F)(F)OP(O)O)ccc4[nH]3)C(=O)N21)c1ccccc1. The number of alkyl halides is 2. The molecular weight excluding hydrogens is 741 g/mol. The number of fused-ring (bicyclic) bond motifs is 2. The van der Waals surface area contributed by atoms with Crippen molar-refractivity contribution < 1.29 is 47.1 Å². The van der Waals surface area contributed by atoms with E-state index in [0.29, 0.717) is 37.9 Å². The minimum Gasteiger partial charge on any atom is -0.370 e. The summed E-state index contributed by atoms with van der Waals surface area (Å²) in [6.45, 7) is 1.12. The van der Waals surface area contributed by atoms with E-state index < -0.39 is 74.0 Å². The van der Waals surface area contributed by atoms with Crippen molar-refractivity contribution in [1.29, 1.82) is 0 Å². The zero-order chi connectivity index (χ0) is 40.0. The van der Waals surface area contributed by atoms with Crippen LogP contribution in [0.15, 0.2) is 54.6 Å². The molecule has 8 N–H and O–H groups in total. The summed E-state index contributed by atoms with van der Waals surface area (Å²) in [5.74, 6) is -2.94. The Kier molecular flexibility index (Phi) is 13.5. The first-order valence-corrected chi connectivity index (χ1v) is 19.0. The lowest BCUT2D eigenvalue weighted by molar-refractivity contribution is -0.189. The third-order valence-electron chi connectivity index (χ3n) is 9.78. The lowest BCUT2D eigenvalue weighted by Crippen LogP contribution is -2.61. The molecule has 298 valence electrons. The normalized spacial score (nSPS) is 20.5. The quantitative estimate of drug-likeness (QED) is 0.110. The second-order valence-corrected chi connectivity index (χ2v) is 14.9. The van der Waals surface area contributed by atoms with E-state index in [1.165, 1.54) is 17.0 Å². The molecule has 1 aromatic heterocycles. The van der Waals surface area contributed by atoms with Gasteiger partial charge in [0.1, 0.15) is 23.8 Å². The average Bonchev–Trinajstić information content (AvgIpc) is 3.75. The lowest BCUT2D eigenvalue weighted by atomic mass is 10.0. The predicted molar refractivity (Wildman–Crippen MR) is 198 cm³/mol. The number of carbonyl (C=O) groups is 5. The highest BCUT2D eigenvalue weighted by Crippen LogP contribution is 2.42. The standard InChI is InChI=1S/C36H47F2N8O8P/c1-44(2)19-28(21-7-5-4-6-8-21)42-32(48)26(12-14-31(39)47)41-34(50)30-13-10-24-15-16-45(3)20-29(35(51)46(24)30)43-33(49)27-18-22-17-23(9-11-25(22)40-27)36(37,38)54-55(52)53/h4-9,11,17-18,24,26,28-30,40,52-53H,10,12-16,19-20H2,1-3H3,(H2,39,47)(H,41,50)(H,42,48)(H,43,49)/t24-,26+,28-,29+,30+/m1/s1. The van der Waals surface area contributed by atoms with Crippen LogP contribution in [0.2, 0.25) is 0 Å². The van der Waals surface area contributed by atoms with Crippen LogP contribution in [0.3, 0.4) is 0 Å². The summed E-state index contributed by atoms with van der Waals surface area (Å²) in [4.78, 5) is 93.3. The molecule has 2 aliphatic rings. The molecule has 3 aromatic rings. The molecule has 0 saturated carbocycles. The van der Waals surface area contributed by atoms with E-state index in [-0.39, 0.29) is 36.5 Å². The van der Waals surface area contributed by atoms with Crippen molar-refractivity contribution in [2.24, 2.45) is 5.73 Å². The van der Waals surface area contributed by atoms with Gasteiger partial charge in [0.25, 0.3) is 5.91 Å². The van der Waals surface area contributed by atoms with E-state index in [1.807, 2.05) is 54.2 Å². The third kappa shape index (κ3) is 10.6. The molecule has 3 heterocycles. The van der Waals surface area contributed by atoms with Crippen LogP contribution in [0.1, 0.15) is 59.8 Å². The number of carbonyl (C=O) groups excluding carboxylic acids is 5. The Balaban J connectivity index is 1.33. The molecule has 55 heavy (non-hydrogen) atoms. The highest BCUT2D eigenvalue weighted by molar-refractivity contribution is 7.39. The van der Waals surface area contributed by atoms with Crippen LogP contribution in [0.5, 0.6) is 0 Å². The smallest absolute Gasteiger partial charge is 0.370 e. The van der Waals surface area contributed by atoms with Gasteiger partial charge in [0.05, 0.1) is 11.6 Å². The van der Waals surface area contributed by atoms with Crippen LogP contribution < -0.4 is 21.7 Å². The van der Waals surface area contributed by atoms with Crippen molar-refractivity contribution in [2.45, 2.75) is 68.4 Å². The molecule has 2 aliphatic heterocycles. The van der Waals surface area contributed by atoms with Gasteiger partial charge in [-0.15, -0.1) is 0 Å². The molecule has 0 aliphatic carbocycles. The largest absolute Gasteiger partial charge is 0.389 e. The Morgan fingerprint density at radius 3 is 2.47 bits per heavy atom. The Labute approximate surface area is 317 Å². The topological polar surface area (TPSA) is 223 Å². The summed E-state index contributed by atoms with van der Waals surface area (Å²) in [6, 6.07) is 9.99. The second kappa shape index (κ2) is 17.9. The zero-order valence-corrected chi connectivity index (χ0v) is 31.6. The summed E-state index contributed by atoms with van der Waals surface area (Å²) in [6.07, 6.45) is -2.87. The molecule has 0 unspecified atom stereocenters. The number of hydrogen-bond donors (Lipinski definition) is 7. The molecule has 5 rings (SSSR count). The van der Waals surface area contributed by atoms with Gasteiger partial charge in [-0.1, -0.05) is 30.3 Å². The van der Waals surface area contributed by atoms with Gasteiger partial charge in [-0.3, -0.25) is 24.0 Å². The number of amides is 5. The summed E-state index contributed by atoms with van der Waals surface area (Å²) in [5.41, 5.74) is 5.90. The average molecular weight is 789 g/mol. The highest BCUT2D eigenvalue weighted by Gasteiger charge is 2.45. The number of hydrogen-bond acceptors (Lipinski definition) is 10. The molecule has 2 saturated heterocycles. The van der Waals surface area contributed by atoms with Gasteiger partial charge < -0.3 is 51.2 Å². The molecular formula is C36H47F2N8O8P. The first-order chi connectivity index (χ1) is 26.0. The van der Waals surface area contributed by atoms with Gasteiger partial charge >= 0.3 is 14.7 Å². The van der Waals surface area contributed by atoms with Crippen LogP contribution in [0.25, 0.3) is 10.9 Å². The van der Waals surface area contributed by atoms with E-state index in [9.17, 15) is 32.8 Å². The van der Waals surface area contributed by atoms with Crippen molar-refractivity contribution >= 4 is 49.0 Å². The first kappa shape index (κ1) is 41.6. The lowest BCUT2D eigenvalue weighted by Gasteiger charge is -2.38. The Morgan fingerprint density at radius 1 is 1.07 bits per heavy atom. The Hall–Kier alpha value is -4.58. The minimum atomic E-state index is -4.00. The van der Waals surface area contributed by atoms with Crippen molar-refractivity contribution in [2.75, 3.05) is 40.8 Å². The van der Waals surface area contributed by atoms with E-state index in [4.69, 9.17) is 15.5 Å². The third-order valence-corrected chi connectivity index (χ3v) is 10.2. The minimum absolute atomic E-state index is 0.0286. The van der Waals surface area contributed by atoms with Gasteiger partial charge in [-0.2, -0.15) is 8.78 Å². The molecule has 2 fully saturated rings. The molecule has 5 atom stereocenters. The number of aromatic amines is 1. The van der Waals surface area contributed by atoms with Crippen LogP contribution in [-0.2, 0) is 29.8 Å². The van der Waals surface area contributed by atoms with E-state index in [1.54, 1.807) is 7.05 Å². The van der Waals surface area contributed by atoms with Crippen molar-refractivity contribution in [3.05, 3.63) is 71.4 Å². The number of benzene rings is 2. The van der Waals surface area contributed by atoms with E-state index in [2.05, 4.69) is 25.5 Å². The fourth-order valence-corrected chi connectivity index (χ4v) is 7.41. The van der Waals surface area contributed by atoms with Crippen molar-refractivity contribution in [3.8, 4) is 0 Å². The van der Waals surface area contributed by atoms with Crippen molar-refractivity contribution in [1.82, 2.24) is 35.6 Å². The van der Waals surface area contributed by atoms with Crippen LogP contribution in [0.4, 0.5) is 8.78 Å². The number of rotatable bonds is 15. The van der Waals surface area contributed by atoms with Gasteiger partial charge in [0, 0.05) is 36.5 Å². The predicted octanol–water partition coefficient (Wildman–Crippen LogP) is 1.41. The second-order valence-electron chi connectivity index (χ2n) is 14.2. The molecule has 2 aromatic carbocycles. The maximum Gasteiger partial charge on any atom is 0.389 e. The number of primary amides is 1. The van der Waals surface area contributed by atoms with Gasteiger partial charge in [0.2, 0.25) is 23.6 Å². The first-order valence-electron chi connectivity index (χ1n) is 17.8. The number of nitrogens with one attached hydrogen (secondary N) is 4. The summed E-state index contributed by atoms with van der Waals surface area (Å²) in [7, 11) is 2.19. The molecule has 0 bridgehead atoms. The fraction of sp³-hybridized carbons (Fsp3) is 0.472. The maximum absolute atomic E-state index is 14.4. The van der Waals surface area contributed by atoms with Gasteiger partial charge in [-0.05, 0) is 83.2 Å². The molecule has 5 amide bonds. The summed E-state index contributed by atoms with van der Waals surface area (Å²) < 4.78 is 32.7. The van der Waals surface area contributed by atoms with Gasteiger partial charge in [-0.25, -0.2) is 4.52 Å². The van der Waals surface area contributed by atoms with Crippen LogP contribution in [-0.4, -0.2) is 124 Å². The molecule has 19 heteroatoms. The fourth-order valence-electron chi connectivity index (χ4n) is 7.10. The Bertz CT molecular complexity index is 1870. The molecule has 0 radical (unpaired) electrons. The number of likely N-dealkylation sites (N-methyl/N-ethyl adjacent to an activating group) is 2. The van der Waals surface area contributed by atoms with Gasteiger partial charge in [0.15, 0.2) is 0 Å². The zero-order valence-electron chi connectivity index (χ0n) is 30.7. The monoisotopic (exact) mass is 788 g/mol. The number of aromatic nitrogens is 1. The Morgan fingerprint density at radius 2 is 1.80 bits per heavy atom. The maximum atomic E-state index is 14.4. The van der Waals surface area contributed by atoms with E-state index in [0.717, 1.165) is 17.7 Å². The highest BCUT2D eigenvalue weighted by atomic mass is 31.2. The van der Waals surface area contributed by atoms with E-state index >= 15 is 0 Å². The van der Waals surface area contributed by atoms with Crippen LogP contribution >= 0.6 is 8.60 Å².